The highest BCUT2D eigenvalue weighted by atomic mass is 35.5. The van der Waals surface area contributed by atoms with Gasteiger partial charge in [0.2, 0.25) is 5.91 Å². The number of fused-ring (bicyclic) bond motifs is 1. The number of carbonyl (C=O) groups is 1. The molecule has 0 aromatic rings. The van der Waals surface area contributed by atoms with Crippen LogP contribution in [0.15, 0.2) is 4.99 Å². The molecular formula is C18H31ClF3N7O. The van der Waals surface area contributed by atoms with Crippen LogP contribution in [0.4, 0.5) is 13.2 Å². The van der Waals surface area contributed by atoms with Crippen molar-refractivity contribution in [3.05, 3.63) is 0 Å². The Morgan fingerprint density at radius 1 is 1.30 bits per heavy atom. The summed E-state index contributed by atoms with van der Waals surface area (Å²) in [5.41, 5.74) is 8.70. The summed E-state index contributed by atoms with van der Waals surface area (Å²) in [6.45, 7) is 4.35. The fourth-order valence-electron chi connectivity index (χ4n) is 4.22. The molecule has 0 spiro atoms. The van der Waals surface area contributed by atoms with Crippen molar-refractivity contribution >= 4 is 23.5 Å². The van der Waals surface area contributed by atoms with E-state index < -0.39 is 24.0 Å². The maximum Gasteiger partial charge on any atom is 0.405 e. The van der Waals surface area contributed by atoms with Crippen molar-refractivity contribution in [2.24, 2.45) is 22.7 Å². The summed E-state index contributed by atoms with van der Waals surface area (Å²) in [5, 5.41) is 7.21. The van der Waals surface area contributed by atoms with Crippen LogP contribution < -0.4 is 26.9 Å². The molecule has 172 valence electrons. The highest BCUT2D eigenvalue weighted by molar-refractivity contribution is 6.20. The highest BCUT2D eigenvalue weighted by Gasteiger charge is 2.52. The Kier molecular flexibility index (Phi) is 7.49. The number of amides is 1. The zero-order valence-corrected chi connectivity index (χ0v) is 18.1. The van der Waals surface area contributed by atoms with Gasteiger partial charge < -0.3 is 5.32 Å². The first-order chi connectivity index (χ1) is 14.0. The molecule has 3 rings (SSSR count). The van der Waals surface area contributed by atoms with E-state index in [4.69, 9.17) is 11.6 Å². The number of hydrogen-bond donors (Lipinski definition) is 5. The third-order valence-corrected chi connectivity index (χ3v) is 6.16. The van der Waals surface area contributed by atoms with E-state index in [0.29, 0.717) is 6.54 Å². The molecule has 2 aliphatic heterocycles. The standard InChI is InChI=1S/C18H31ClF3N7O/c1-9(2)7-23-17(24-15-11-5-4-10(19)6-13(11)26-27-15)25-16(30)12-8-29(3)28-14(12)18(20,21)22/h9-15,26-28H,4-8H2,1-3H3,(H2,23,24,25,30). The smallest absolute Gasteiger partial charge is 0.339 e. The molecule has 3 fully saturated rings. The van der Waals surface area contributed by atoms with E-state index in [9.17, 15) is 18.0 Å². The molecule has 0 aromatic heterocycles. The number of nitrogens with zero attached hydrogens (tertiary/aromatic N) is 2. The number of hydrazine groups is 2. The molecule has 30 heavy (non-hydrogen) atoms. The average molecular weight is 454 g/mol. The Morgan fingerprint density at radius 2 is 2.03 bits per heavy atom. The van der Waals surface area contributed by atoms with Crippen molar-refractivity contribution in [1.82, 2.24) is 31.9 Å². The minimum atomic E-state index is -4.53. The molecule has 8 nitrogen and oxygen atoms in total. The average Bonchev–Trinajstić information content (AvgIpc) is 3.22. The van der Waals surface area contributed by atoms with Gasteiger partial charge in [-0.25, -0.2) is 15.9 Å². The summed E-state index contributed by atoms with van der Waals surface area (Å²) in [7, 11) is 1.49. The minimum Gasteiger partial charge on any atom is -0.339 e. The van der Waals surface area contributed by atoms with Gasteiger partial charge in [-0.3, -0.25) is 20.5 Å². The van der Waals surface area contributed by atoms with Crippen molar-refractivity contribution in [2.45, 2.75) is 62.9 Å². The maximum atomic E-state index is 13.3. The first kappa shape index (κ1) is 23.5. The summed E-state index contributed by atoms with van der Waals surface area (Å²) in [6.07, 6.45) is -2.11. The van der Waals surface area contributed by atoms with E-state index in [1.165, 1.54) is 12.1 Å². The van der Waals surface area contributed by atoms with Gasteiger partial charge in [0, 0.05) is 37.5 Å². The zero-order valence-electron chi connectivity index (χ0n) is 17.4. The third-order valence-electron chi connectivity index (χ3n) is 5.76. The van der Waals surface area contributed by atoms with E-state index in [1.54, 1.807) is 0 Å². The lowest BCUT2D eigenvalue weighted by molar-refractivity contribution is -0.168. The van der Waals surface area contributed by atoms with E-state index in [-0.39, 0.29) is 41.9 Å². The lowest BCUT2D eigenvalue weighted by Crippen LogP contribution is -2.55. The Bertz CT molecular complexity index is 648. The number of carbonyl (C=O) groups excluding carboxylic acids is 1. The van der Waals surface area contributed by atoms with Crippen molar-refractivity contribution in [2.75, 3.05) is 20.1 Å². The summed E-state index contributed by atoms with van der Waals surface area (Å²) >= 11 is 6.25. The van der Waals surface area contributed by atoms with Gasteiger partial charge >= 0.3 is 6.18 Å². The van der Waals surface area contributed by atoms with Gasteiger partial charge in [0.15, 0.2) is 5.96 Å². The molecule has 2 heterocycles. The quantitative estimate of drug-likeness (QED) is 0.247. The van der Waals surface area contributed by atoms with Gasteiger partial charge in [0.1, 0.15) is 6.04 Å². The SMILES string of the molecule is CC(C)CN=C(NC(=O)C1CN(C)NC1C(F)(F)F)NC1NNC2CC(Cl)CCC21. The van der Waals surface area contributed by atoms with Crippen molar-refractivity contribution < 1.29 is 18.0 Å². The summed E-state index contributed by atoms with van der Waals surface area (Å²) < 4.78 is 40.0. The van der Waals surface area contributed by atoms with Crippen LogP contribution in [-0.4, -0.2) is 66.8 Å². The molecule has 1 aliphatic carbocycles. The number of aliphatic imine (C=N–C) groups is 1. The Balaban J connectivity index is 1.68. The van der Waals surface area contributed by atoms with Crippen LogP contribution in [0.5, 0.6) is 0 Å². The van der Waals surface area contributed by atoms with E-state index in [2.05, 4.69) is 31.9 Å². The molecule has 0 bridgehead atoms. The predicted octanol–water partition coefficient (Wildman–Crippen LogP) is 0.911. The monoisotopic (exact) mass is 453 g/mol. The van der Waals surface area contributed by atoms with Crippen molar-refractivity contribution in [3.8, 4) is 0 Å². The molecule has 6 atom stereocenters. The van der Waals surface area contributed by atoms with Gasteiger partial charge in [-0.2, -0.15) is 13.2 Å². The van der Waals surface area contributed by atoms with Gasteiger partial charge in [-0.05, 0) is 25.2 Å². The second kappa shape index (κ2) is 9.56. The minimum absolute atomic E-state index is 0.0431. The molecule has 3 aliphatic rings. The molecule has 2 saturated heterocycles. The lowest BCUT2D eigenvalue weighted by atomic mass is 9.84. The molecule has 1 saturated carbocycles. The van der Waals surface area contributed by atoms with Crippen LogP contribution >= 0.6 is 11.6 Å². The molecule has 12 heteroatoms. The number of nitrogens with one attached hydrogen (secondary N) is 5. The molecular weight excluding hydrogens is 423 g/mol. The highest BCUT2D eigenvalue weighted by Crippen LogP contribution is 2.32. The van der Waals surface area contributed by atoms with Crippen LogP contribution in [0, 0.1) is 17.8 Å². The van der Waals surface area contributed by atoms with Crippen LogP contribution in [0.3, 0.4) is 0 Å². The summed E-state index contributed by atoms with van der Waals surface area (Å²) in [6, 6.07) is -1.73. The van der Waals surface area contributed by atoms with Crippen LogP contribution in [0.25, 0.3) is 0 Å². The number of hydrogen-bond acceptors (Lipinski definition) is 6. The molecule has 0 radical (unpaired) electrons. The topological polar surface area (TPSA) is 92.8 Å². The van der Waals surface area contributed by atoms with Crippen molar-refractivity contribution in [1.29, 1.82) is 0 Å². The normalized spacial score (nSPS) is 35.5. The fraction of sp³-hybridized carbons (Fsp3) is 0.889. The largest absolute Gasteiger partial charge is 0.405 e. The number of alkyl halides is 4. The van der Waals surface area contributed by atoms with Gasteiger partial charge in [-0.1, -0.05) is 13.8 Å². The summed E-state index contributed by atoms with van der Waals surface area (Å²) in [4.78, 5) is 17.2. The van der Waals surface area contributed by atoms with Gasteiger partial charge in [-0.15, -0.1) is 11.6 Å². The van der Waals surface area contributed by atoms with Crippen LogP contribution in [-0.2, 0) is 4.79 Å². The van der Waals surface area contributed by atoms with E-state index >= 15 is 0 Å². The number of halogens is 4. The molecule has 6 unspecified atom stereocenters. The Morgan fingerprint density at radius 3 is 2.70 bits per heavy atom. The van der Waals surface area contributed by atoms with Gasteiger partial charge in [0.05, 0.1) is 12.1 Å². The molecule has 1 amide bonds. The first-order valence-electron chi connectivity index (χ1n) is 10.4. The predicted molar refractivity (Wildman–Crippen MR) is 108 cm³/mol. The van der Waals surface area contributed by atoms with E-state index in [1.807, 2.05) is 13.8 Å². The Hall–Kier alpha value is -1.14. The van der Waals surface area contributed by atoms with Gasteiger partial charge in [0.25, 0.3) is 0 Å². The summed E-state index contributed by atoms with van der Waals surface area (Å²) in [5.74, 6) is -1.32. The van der Waals surface area contributed by atoms with Crippen molar-refractivity contribution in [3.63, 3.8) is 0 Å². The molecule has 0 aromatic carbocycles. The zero-order chi connectivity index (χ0) is 22.1. The maximum absolute atomic E-state index is 13.3. The van der Waals surface area contributed by atoms with Crippen LogP contribution in [0.2, 0.25) is 0 Å². The molecule has 5 N–H and O–H groups in total. The van der Waals surface area contributed by atoms with E-state index in [0.717, 1.165) is 19.3 Å². The van der Waals surface area contributed by atoms with Crippen LogP contribution in [0.1, 0.15) is 33.1 Å². The lowest BCUT2D eigenvalue weighted by Gasteiger charge is -2.31. The first-order valence-corrected chi connectivity index (χ1v) is 10.8. The second-order valence-electron chi connectivity index (χ2n) is 8.80. The fourth-order valence-corrected chi connectivity index (χ4v) is 4.54. The number of rotatable bonds is 4. The third kappa shape index (κ3) is 5.76. The Labute approximate surface area is 179 Å². The number of guanidine groups is 1. The second-order valence-corrected chi connectivity index (χ2v) is 9.42.